The molecule has 11 heteroatoms. The highest BCUT2D eigenvalue weighted by molar-refractivity contribution is 6.06. The average Bonchev–Trinajstić information content (AvgIpc) is 3.55. The predicted octanol–water partition coefficient (Wildman–Crippen LogP) is 5.70. The molecule has 2 aromatic carbocycles. The molecule has 10 nitrogen and oxygen atoms in total. The third-order valence-electron chi connectivity index (χ3n) is 7.95. The summed E-state index contributed by atoms with van der Waals surface area (Å²) in [5, 5.41) is 5.22. The summed E-state index contributed by atoms with van der Waals surface area (Å²) in [5.74, 6) is -0.168. The van der Waals surface area contributed by atoms with Crippen molar-refractivity contribution in [2.45, 2.75) is 32.6 Å². The van der Waals surface area contributed by atoms with Crippen LogP contribution in [-0.4, -0.2) is 70.7 Å². The maximum atomic E-state index is 15.0. The van der Waals surface area contributed by atoms with Crippen LogP contribution in [0.25, 0.3) is 27.9 Å². The van der Waals surface area contributed by atoms with Crippen molar-refractivity contribution in [2.75, 3.05) is 39.1 Å². The lowest BCUT2D eigenvalue weighted by Crippen LogP contribution is -2.35. The van der Waals surface area contributed by atoms with E-state index < -0.39 is 11.9 Å². The van der Waals surface area contributed by atoms with Gasteiger partial charge >= 0.3 is 6.09 Å². The minimum absolute atomic E-state index is 0.117. The summed E-state index contributed by atoms with van der Waals surface area (Å²) < 4.78 is 20.8. The van der Waals surface area contributed by atoms with Gasteiger partial charge in [0.25, 0.3) is 5.91 Å². The van der Waals surface area contributed by atoms with Gasteiger partial charge in [0.1, 0.15) is 23.5 Å². The predicted molar refractivity (Wildman–Crippen MR) is 161 cm³/mol. The zero-order chi connectivity index (χ0) is 30.5. The molecule has 2 amide bonds. The van der Waals surface area contributed by atoms with Crippen molar-refractivity contribution < 1.29 is 23.6 Å². The van der Waals surface area contributed by atoms with E-state index in [9.17, 15) is 9.59 Å². The first kappa shape index (κ1) is 28.4. The highest BCUT2D eigenvalue weighted by Crippen LogP contribution is 2.39. The number of nitrogens with one attached hydrogen (secondary N) is 2. The topological polar surface area (TPSA) is 113 Å². The molecule has 2 aromatic heterocycles. The fraction of sp³-hybridized carbons (Fsp3) is 0.312. The molecule has 0 spiro atoms. The van der Waals surface area contributed by atoms with E-state index in [0.29, 0.717) is 65.6 Å². The van der Waals surface area contributed by atoms with Crippen molar-refractivity contribution in [3.63, 3.8) is 0 Å². The van der Waals surface area contributed by atoms with Gasteiger partial charge in [-0.15, -0.1) is 5.06 Å². The van der Waals surface area contributed by atoms with Gasteiger partial charge in [-0.2, -0.15) is 0 Å². The average molecular weight is 585 g/mol. The van der Waals surface area contributed by atoms with E-state index in [-0.39, 0.29) is 11.3 Å². The van der Waals surface area contributed by atoms with Crippen LogP contribution in [0.2, 0.25) is 0 Å². The van der Waals surface area contributed by atoms with Crippen LogP contribution in [0.1, 0.15) is 47.4 Å². The Kier molecular flexibility index (Phi) is 7.13. The van der Waals surface area contributed by atoms with Crippen molar-refractivity contribution in [1.82, 2.24) is 24.9 Å². The monoisotopic (exact) mass is 584 g/mol. The standard InChI is InChI=1S/C32H33FN6O4/c1-18-22(13-21(33)14-25(18)37-30(40)20-6-7-24-27(12-20)42-16-32(24,2)3)28-23-15-26(36-29(23)35-17-34-28)19-8-10-39(11-9-19)43-31(41)38(4)5/h6-8,12-15,17H,9-11,16H2,1-5H3,(H,37,40)(H,34,35,36). The Bertz CT molecular complexity index is 1790. The Morgan fingerprint density at radius 1 is 1.16 bits per heavy atom. The number of H-pyrrole nitrogens is 1. The molecule has 0 saturated carbocycles. The van der Waals surface area contributed by atoms with Gasteiger partial charge in [-0.05, 0) is 54.8 Å². The van der Waals surface area contributed by atoms with Gasteiger partial charge in [0.15, 0.2) is 0 Å². The van der Waals surface area contributed by atoms with Crippen LogP contribution in [0.5, 0.6) is 5.75 Å². The van der Waals surface area contributed by atoms with E-state index in [1.807, 2.05) is 25.1 Å². The molecular weight excluding hydrogens is 551 g/mol. The summed E-state index contributed by atoms with van der Waals surface area (Å²) in [4.78, 5) is 44.1. The molecular formula is C32H33FN6O4. The fourth-order valence-electron chi connectivity index (χ4n) is 5.42. The smallest absolute Gasteiger partial charge is 0.428 e. The van der Waals surface area contributed by atoms with E-state index in [2.05, 4.69) is 34.1 Å². The second-order valence-corrected chi connectivity index (χ2v) is 11.8. The number of nitrogens with zero attached hydrogens (tertiary/aromatic N) is 4. The molecule has 2 aliphatic rings. The molecule has 4 heterocycles. The van der Waals surface area contributed by atoms with Crippen molar-refractivity contribution in [1.29, 1.82) is 0 Å². The number of carbonyl (C=O) groups is 2. The SMILES string of the molecule is Cc1c(NC(=O)c2ccc3c(c2)OCC3(C)C)cc(F)cc1-c1ncnc2[nH]c(C3=CCN(OC(=O)N(C)C)CC3)cc12. The normalized spacial score (nSPS) is 15.9. The molecule has 2 N–H and O–H groups in total. The highest BCUT2D eigenvalue weighted by atomic mass is 19.1. The Balaban J connectivity index is 1.27. The summed E-state index contributed by atoms with van der Waals surface area (Å²) in [6.07, 6.45) is 3.66. The second-order valence-electron chi connectivity index (χ2n) is 11.8. The van der Waals surface area contributed by atoms with Crippen molar-refractivity contribution >= 4 is 34.3 Å². The van der Waals surface area contributed by atoms with Crippen molar-refractivity contribution in [3.8, 4) is 17.0 Å². The number of hydroxylamine groups is 2. The van der Waals surface area contributed by atoms with Gasteiger partial charge in [-0.3, -0.25) is 4.79 Å². The number of benzene rings is 2. The van der Waals surface area contributed by atoms with Gasteiger partial charge < -0.3 is 24.8 Å². The minimum Gasteiger partial charge on any atom is -0.492 e. The summed E-state index contributed by atoms with van der Waals surface area (Å²) in [6.45, 7) is 7.56. The lowest BCUT2D eigenvalue weighted by molar-refractivity contribution is -0.101. The van der Waals surface area contributed by atoms with Crippen LogP contribution >= 0.6 is 0 Å². The number of fused-ring (bicyclic) bond motifs is 2. The first-order chi connectivity index (χ1) is 20.5. The molecule has 0 atom stereocenters. The van der Waals surface area contributed by atoms with Crippen molar-refractivity contribution in [2.24, 2.45) is 0 Å². The van der Waals surface area contributed by atoms with E-state index in [1.165, 1.54) is 23.4 Å². The highest BCUT2D eigenvalue weighted by Gasteiger charge is 2.32. The molecule has 0 saturated heterocycles. The molecule has 0 fully saturated rings. The number of ether oxygens (including phenoxy) is 1. The van der Waals surface area contributed by atoms with E-state index in [4.69, 9.17) is 9.57 Å². The van der Waals surface area contributed by atoms with Crippen LogP contribution < -0.4 is 10.1 Å². The number of rotatable bonds is 5. The number of hydrogen-bond donors (Lipinski definition) is 2. The minimum atomic E-state index is -0.500. The third-order valence-corrected chi connectivity index (χ3v) is 7.95. The maximum Gasteiger partial charge on any atom is 0.428 e. The van der Waals surface area contributed by atoms with Gasteiger partial charge in [0.2, 0.25) is 0 Å². The van der Waals surface area contributed by atoms with Gasteiger partial charge in [-0.1, -0.05) is 26.0 Å². The van der Waals surface area contributed by atoms with E-state index in [0.717, 1.165) is 22.2 Å². The molecule has 0 radical (unpaired) electrons. The second kappa shape index (κ2) is 10.8. The Labute approximate surface area is 248 Å². The molecule has 43 heavy (non-hydrogen) atoms. The fourth-order valence-corrected chi connectivity index (χ4v) is 5.42. The van der Waals surface area contributed by atoms with Crippen LogP contribution in [0.4, 0.5) is 14.9 Å². The summed E-state index contributed by atoms with van der Waals surface area (Å²) in [5.41, 5.74) is 6.01. The zero-order valence-electron chi connectivity index (χ0n) is 24.7. The molecule has 2 aliphatic heterocycles. The Hall–Kier alpha value is -4.77. The first-order valence-corrected chi connectivity index (χ1v) is 14.1. The Morgan fingerprint density at radius 3 is 2.72 bits per heavy atom. The summed E-state index contributed by atoms with van der Waals surface area (Å²) >= 11 is 0. The molecule has 0 unspecified atom stereocenters. The van der Waals surface area contributed by atoms with Crippen molar-refractivity contribution in [3.05, 3.63) is 77.0 Å². The first-order valence-electron chi connectivity index (χ1n) is 14.1. The Morgan fingerprint density at radius 2 is 1.98 bits per heavy atom. The number of amides is 2. The lowest BCUT2D eigenvalue weighted by Gasteiger charge is -2.25. The molecule has 6 rings (SSSR count). The van der Waals surface area contributed by atoms with Gasteiger partial charge in [-0.25, -0.2) is 19.2 Å². The summed E-state index contributed by atoms with van der Waals surface area (Å²) in [7, 11) is 3.27. The molecule has 0 aliphatic carbocycles. The number of carbonyl (C=O) groups excluding carboxylic acids is 2. The third kappa shape index (κ3) is 5.43. The number of anilines is 1. The largest absolute Gasteiger partial charge is 0.492 e. The van der Waals surface area contributed by atoms with E-state index in [1.54, 1.807) is 31.3 Å². The number of aromatic amines is 1. The number of aromatic nitrogens is 3. The molecule has 4 aromatic rings. The van der Waals surface area contributed by atoms with Crippen LogP contribution in [0.15, 0.2) is 48.8 Å². The van der Waals surface area contributed by atoms with Crippen LogP contribution in [0.3, 0.4) is 0 Å². The van der Waals surface area contributed by atoms with Gasteiger partial charge in [0.05, 0.1) is 18.8 Å². The molecule has 0 bridgehead atoms. The summed E-state index contributed by atoms with van der Waals surface area (Å²) in [6, 6.07) is 10.1. The zero-order valence-corrected chi connectivity index (χ0v) is 24.7. The van der Waals surface area contributed by atoms with Crippen LogP contribution in [0, 0.1) is 12.7 Å². The number of halogens is 1. The number of hydrogen-bond acceptors (Lipinski definition) is 7. The maximum absolute atomic E-state index is 15.0. The van der Waals surface area contributed by atoms with Gasteiger partial charge in [0, 0.05) is 59.5 Å². The molecule has 222 valence electrons. The van der Waals surface area contributed by atoms with E-state index >= 15 is 4.39 Å². The lowest BCUT2D eigenvalue weighted by atomic mass is 9.86. The quantitative estimate of drug-likeness (QED) is 0.310. The van der Waals surface area contributed by atoms with Crippen LogP contribution in [-0.2, 0) is 10.3 Å².